The topological polar surface area (TPSA) is 18.5 Å². The van der Waals surface area contributed by atoms with E-state index in [4.69, 9.17) is 9.47 Å². The molecule has 0 spiro atoms. The highest BCUT2D eigenvalue weighted by Gasteiger charge is 2.55. The first kappa shape index (κ1) is 14.6. The lowest BCUT2D eigenvalue weighted by Crippen LogP contribution is -2.60. The van der Waals surface area contributed by atoms with E-state index in [1.54, 1.807) is 12.1 Å². The molecule has 5 atom stereocenters. The van der Waals surface area contributed by atoms with Crippen molar-refractivity contribution < 1.29 is 13.9 Å². The van der Waals surface area contributed by atoms with Gasteiger partial charge >= 0.3 is 0 Å². The first-order valence-electron chi connectivity index (χ1n) is 8.68. The highest BCUT2D eigenvalue weighted by molar-refractivity contribution is 5.16. The lowest BCUT2D eigenvalue weighted by atomic mass is 9.65. The third-order valence-corrected chi connectivity index (χ3v) is 6.05. The average molecular weight is 304 g/mol. The molecule has 2 saturated carbocycles. The van der Waals surface area contributed by atoms with Crippen molar-refractivity contribution in [2.75, 3.05) is 0 Å². The van der Waals surface area contributed by atoms with Gasteiger partial charge in [-0.1, -0.05) is 31.0 Å². The van der Waals surface area contributed by atoms with Gasteiger partial charge in [0.25, 0.3) is 0 Å². The summed E-state index contributed by atoms with van der Waals surface area (Å²) in [7, 11) is 0. The highest BCUT2D eigenvalue weighted by Crippen LogP contribution is 2.53. The van der Waals surface area contributed by atoms with Crippen LogP contribution in [0.1, 0.15) is 51.0 Å². The summed E-state index contributed by atoms with van der Waals surface area (Å²) in [5.74, 6) is 1.28. The Kier molecular flexibility index (Phi) is 3.74. The fraction of sp³-hybridized carbons (Fsp3) is 0.684. The van der Waals surface area contributed by atoms with Gasteiger partial charge in [0, 0.05) is 5.56 Å². The Morgan fingerprint density at radius 3 is 2.91 bits per heavy atom. The van der Waals surface area contributed by atoms with E-state index in [9.17, 15) is 4.39 Å². The van der Waals surface area contributed by atoms with Crippen LogP contribution in [0.3, 0.4) is 0 Å². The van der Waals surface area contributed by atoms with Gasteiger partial charge < -0.3 is 9.47 Å². The fourth-order valence-electron chi connectivity index (χ4n) is 4.90. The molecule has 5 rings (SSSR count). The summed E-state index contributed by atoms with van der Waals surface area (Å²) in [5, 5.41) is 0. The summed E-state index contributed by atoms with van der Waals surface area (Å²) in [5.41, 5.74) is 0.463. The molecule has 2 saturated heterocycles. The number of halogens is 1. The molecule has 2 nitrogen and oxygen atoms in total. The molecule has 4 bridgehead atoms. The van der Waals surface area contributed by atoms with Crippen LogP contribution in [0.2, 0.25) is 0 Å². The third-order valence-electron chi connectivity index (χ3n) is 6.05. The summed E-state index contributed by atoms with van der Waals surface area (Å²) >= 11 is 0. The minimum atomic E-state index is -0.181. The monoisotopic (exact) mass is 304 g/mol. The van der Waals surface area contributed by atoms with Crippen molar-refractivity contribution in [1.82, 2.24) is 0 Å². The minimum Gasteiger partial charge on any atom is -0.370 e. The van der Waals surface area contributed by atoms with Crippen LogP contribution in [-0.4, -0.2) is 17.8 Å². The summed E-state index contributed by atoms with van der Waals surface area (Å²) < 4.78 is 26.3. The average Bonchev–Trinajstić information content (AvgIpc) is 2.64. The Balaban J connectivity index is 1.47. The number of hydrogen-bond acceptors (Lipinski definition) is 2. The van der Waals surface area contributed by atoms with Crippen LogP contribution in [0.15, 0.2) is 24.3 Å². The molecule has 22 heavy (non-hydrogen) atoms. The van der Waals surface area contributed by atoms with Gasteiger partial charge in [-0.15, -0.1) is 0 Å². The van der Waals surface area contributed by atoms with Gasteiger partial charge in [-0.2, -0.15) is 0 Å². The first-order valence-corrected chi connectivity index (χ1v) is 8.68. The normalized spacial score (nSPS) is 40.5. The Morgan fingerprint density at radius 1 is 1.27 bits per heavy atom. The van der Waals surface area contributed by atoms with Crippen molar-refractivity contribution in [1.29, 1.82) is 0 Å². The van der Waals surface area contributed by atoms with Crippen LogP contribution in [-0.2, 0) is 16.1 Å². The Labute approximate surface area is 132 Å². The molecule has 2 aliphatic carbocycles. The van der Waals surface area contributed by atoms with E-state index >= 15 is 0 Å². The molecule has 1 aromatic carbocycles. The highest BCUT2D eigenvalue weighted by atomic mass is 19.1. The molecule has 120 valence electrons. The maximum absolute atomic E-state index is 13.8. The largest absolute Gasteiger partial charge is 0.370 e. The lowest BCUT2D eigenvalue weighted by Gasteiger charge is -2.56. The molecular formula is C19H25FO2. The van der Waals surface area contributed by atoms with Crippen molar-refractivity contribution >= 4 is 0 Å². The zero-order chi connectivity index (χ0) is 15.2. The first-order chi connectivity index (χ1) is 10.7. The van der Waals surface area contributed by atoms with Gasteiger partial charge in [0.2, 0.25) is 0 Å². The molecule has 1 aromatic rings. The maximum Gasteiger partial charge on any atom is 0.128 e. The maximum atomic E-state index is 13.8. The smallest absolute Gasteiger partial charge is 0.128 e. The zero-order valence-corrected chi connectivity index (χ0v) is 13.3. The standard InChI is InChI=1S/C19H25FO2/c1-19-11-13-6-3-5-9-17(22-19)15(13)10-18(19)21-12-14-7-2-4-8-16(14)20/h2,4,7-8,13,15,17-18H,3,5-6,9-12H2,1H3. The van der Waals surface area contributed by atoms with Crippen molar-refractivity contribution in [3.8, 4) is 0 Å². The number of rotatable bonds is 3. The zero-order valence-electron chi connectivity index (χ0n) is 13.3. The molecule has 4 aliphatic rings. The Morgan fingerprint density at radius 2 is 2.09 bits per heavy atom. The van der Waals surface area contributed by atoms with E-state index in [1.165, 1.54) is 31.7 Å². The van der Waals surface area contributed by atoms with Crippen molar-refractivity contribution in [2.24, 2.45) is 11.8 Å². The molecule has 5 unspecified atom stereocenters. The van der Waals surface area contributed by atoms with Crippen LogP contribution < -0.4 is 0 Å². The lowest BCUT2D eigenvalue weighted by molar-refractivity contribution is -0.267. The predicted octanol–water partition coefficient (Wildman–Crippen LogP) is 4.47. The molecule has 4 fully saturated rings. The molecule has 0 radical (unpaired) electrons. The van der Waals surface area contributed by atoms with E-state index in [1.807, 2.05) is 6.07 Å². The van der Waals surface area contributed by atoms with Crippen molar-refractivity contribution in [3.63, 3.8) is 0 Å². The van der Waals surface area contributed by atoms with Crippen LogP contribution >= 0.6 is 0 Å². The van der Waals surface area contributed by atoms with Crippen molar-refractivity contribution in [2.45, 2.75) is 69.9 Å². The summed E-state index contributed by atoms with van der Waals surface area (Å²) in [4.78, 5) is 0. The van der Waals surface area contributed by atoms with E-state index < -0.39 is 0 Å². The number of ether oxygens (including phenoxy) is 2. The molecule has 0 aromatic heterocycles. The van der Waals surface area contributed by atoms with Gasteiger partial charge in [-0.25, -0.2) is 4.39 Å². The summed E-state index contributed by atoms with van der Waals surface area (Å²) in [6, 6.07) is 6.88. The van der Waals surface area contributed by atoms with E-state index in [0.29, 0.717) is 24.2 Å². The van der Waals surface area contributed by atoms with Crippen LogP contribution in [0.25, 0.3) is 0 Å². The molecule has 0 amide bonds. The van der Waals surface area contributed by atoms with Gasteiger partial charge in [0.1, 0.15) is 5.82 Å². The predicted molar refractivity (Wildman–Crippen MR) is 82.9 cm³/mol. The second-order valence-corrected chi connectivity index (χ2v) is 7.51. The van der Waals surface area contributed by atoms with Crippen LogP contribution in [0.4, 0.5) is 4.39 Å². The molecule has 2 aliphatic heterocycles. The van der Waals surface area contributed by atoms with E-state index in [-0.39, 0.29) is 17.5 Å². The summed E-state index contributed by atoms with van der Waals surface area (Å²) in [6.45, 7) is 2.55. The van der Waals surface area contributed by atoms with Crippen LogP contribution in [0.5, 0.6) is 0 Å². The van der Waals surface area contributed by atoms with Crippen LogP contribution in [0, 0.1) is 17.7 Å². The van der Waals surface area contributed by atoms with Gasteiger partial charge in [-0.3, -0.25) is 0 Å². The molecule has 2 heterocycles. The number of benzene rings is 1. The van der Waals surface area contributed by atoms with E-state index in [0.717, 1.165) is 18.8 Å². The van der Waals surface area contributed by atoms with Gasteiger partial charge in [-0.05, 0) is 50.5 Å². The summed E-state index contributed by atoms with van der Waals surface area (Å²) in [6.07, 6.45) is 7.92. The Hall–Kier alpha value is -0.930. The second kappa shape index (κ2) is 5.61. The second-order valence-electron chi connectivity index (χ2n) is 7.51. The SMILES string of the molecule is CC12CC3CCCCC(O1)C3CC2OCc1ccccc1F. The quantitative estimate of drug-likeness (QED) is 0.820. The Bertz CT molecular complexity index is 528. The van der Waals surface area contributed by atoms with Gasteiger partial charge in [0.15, 0.2) is 0 Å². The minimum absolute atomic E-state index is 0.0997. The number of hydrogen-bond donors (Lipinski definition) is 0. The fourth-order valence-corrected chi connectivity index (χ4v) is 4.90. The molecular weight excluding hydrogens is 279 g/mol. The van der Waals surface area contributed by atoms with Gasteiger partial charge in [0.05, 0.1) is 24.4 Å². The van der Waals surface area contributed by atoms with Crippen molar-refractivity contribution in [3.05, 3.63) is 35.6 Å². The number of fused-ring (bicyclic) bond motifs is 1. The molecule has 3 heteroatoms. The third kappa shape index (κ3) is 2.48. The van der Waals surface area contributed by atoms with E-state index in [2.05, 4.69) is 6.92 Å². The molecule has 0 N–H and O–H groups in total.